The van der Waals surface area contributed by atoms with Crippen molar-refractivity contribution in [3.05, 3.63) is 48.5 Å². The second-order valence-corrected chi connectivity index (χ2v) is 4.55. The van der Waals surface area contributed by atoms with E-state index in [1.54, 1.807) is 6.07 Å². The van der Waals surface area contributed by atoms with Crippen molar-refractivity contribution in [3.63, 3.8) is 0 Å². The van der Waals surface area contributed by atoms with Crippen LogP contribution in [-0.4, -0.2) is 21.7 Å². The molecule has 0 bridgehead atoms. The number of hydrogen-bond acceptors (Lipinski definition) is 4. The molecular weight excluding hydrogens is 272 g/mol. The van der Waals surface area contributed by atoms with E-state index in [0.29, 0.717) is 11.6 Å². The number of imidazole rings is 1. The van der Waals surface area contributed by atoms with E-state index in [-0.39, 0.29) is 5.75 Å². The molecule has 0 aliphatic rings. The first-order chi connectivity index (χ1) is 9.78. The number of ether oxygens (including phenoxy) is 1. The van der Waals surface area contributed by atoms with Gasteiger partial charge in [0.25, 0.3) is 0 Å². The lowest BCUT2D eigenvalue weighted by atomic mass is 10.2. The van der Waals surface area contributed by atoms with E-state index in [4.69, 9.17) is 4.74 Å². The van der Waals surface area contributed by atoms with Crippen LogP contribution in [0, 0.1) is 0 Å². The minimum atomic E-state index is -0.392. The zero-order valence-electron chi connectivity index (χ0n) is 10.5. The summed E-state index contributed by atoms with van der Waals surface area (Å²) >= 11 is 3.91. The van der Waals surface area contributed by atoms with Crippen LogP contribution < -0.4 is 4.74 Å². The van der Waals surface area contributed by atoms with Crippen LogP contribution in [0.5, 0.6) is 5.75 Å². The summed E-state index contributed by atoms with van der Waals surface area (Å²) in [5.41, 5.74) is 2.56. The van der Waals surface area contributed by atoms with Crippen molar-refractivity contribution in [1.29, 1.82) is 0 Å². The molecule has 1 heterocycles. The summed E-state index contributed by atoms with van der Waals surface area (Å²) in [5, 5.41) is 0. The second kappa shape index (κ2) is 5.38. The first-order valence-corrected chi connectivity index (χ1v) is 6.77. The fraction of sp³-hybridized carbons (Fsp3) is 0.0667. The normalized spacial score (nSPS) is 10.7. The Kier molecular flexibility index (Phi) is 3.43. The molecule has 0 fully saturated rings. The number of hydrogen-bond donors (Lipinski definition) is 2. The smallest absolute Gasteiger partial charge is 0.321 e. The summed E-state index contributed by atoms with van der Waals surface area (Å²) in [7, 11) is 0. The van der Waals surface area contributed by atoms with Gasteiger partial charge in [-0.3, -0.25) is 4.79 Å². The van der Waals surface area contributed by atoms with E-state index in [1.807, 2.05) is 42.5 Å². The molecule has 3 rings (SSSR count). The number of aromatic nitrogens is 2. The standard InChI is InChI=1S/C15H12N2O2S/c18-14(9-20)19-13-8-4-1-5-10(13)15-16-11-6-2-3-7-12(11)17-15/h1-8,20H,9H2,(H,16,17). The number of esters is 1. The van der Waals surface area contributed by atoms with Crippen molar-refractivity contribution in [2.75, 3.05) is 5.75 Å². The third-order valence-electron chi connectivity index (χ3n) is 2.88. The first-order valence-electron chi connectivity index (χ1n) is 6.13. The Morgan fingerprint density at radius 2 is 1.90 bits per heavy atom. The predicted octanol–water partition coefficient (Wildman–Crippen LogP) is 3.07. The minimum Gasteiger partial charge on any atom is -0.425 e. The molecular formula is C15H12N2O2S. The van der Waals surface area contributed by atoms with Crippen LogP contribution in [-0.2, 0) is 4.79 Å². The first kappa shape index (κ1) is 12.7. The maximum absolute atomic E-state index is 11.4. The van der Waals surface area contributed by atoms with Gasteiger partial charge in [-0.2, -0.15) is 12.6 Å². The van der Waals surface area contributed by atoms with Crippen LogP contribution >= 0.6 is 12.6 Å². The highest BCUT2D eigenvalue weighted by Gasteiger charge is 2.12. The van der Waals surface area contributed by atoms with E-state index in [0.717, 1.165) is 16.6 Å². The number of nitrogens with one attached hydrogen (secondary N) is 1. The van der Waals surface area contributed by atoms with Gasteiger partial charge < -0.3 is 9.72 Å². The molecule has 0 atom stereocenters. The summed E-state index contributed by atoms with van der Waals surface area (Å²) in [5.74, 6) is 0.797. The van der Waals surface area contributed by atoms with Crippen molar-refractivity contribution in [2.45, 2.75) is 0 Å². The molecule has 1 aromatic heterocycles. The minimum absolute atomic E-state index is 0.0362. The lowest BCUT2D eigenvalue weighted by Gasteiger charge is -2.06. The summed E-state index contributed by atoms with van der Waals surface area (Å²) in [6, 6.07) is 15.0. The van der Waals surface area contributed by atoms with Crippen molar-refractivity contribution < 1.29 is 9.53 Å². The third-order valence-corrected chi connectivity index (χ3v) is 3.14. The number of benzene rings is 2. The highest BCUT2D eigenvalue weighted by molar-refractivity contribution is 7.81. The monoisotopic (exact) mass is 284 g/mol. The summed E-state index contributed by atoms with van der Waals surface area (Å²) in [4.78, 5) is 19.1. The Balaban J connectivity index is 2.07. The van der Waals surface area contributed by atoms with Gasteiger partial charge >= 0.3 is 5.97 Å². The quantitative estimate of drug-likeness (QED) is 0.441. The molecule has 0 unspecified atom stereocenters. The number of fused-ring (bicyclic) bond motifs is 1. The van der Waals surface area contributed by atoms with Crippen molar-refractivity contribution in [3.8, 4) is 17.1 Å². The van der Waals surface area contributed by atoms with Crippen LogP contribution in [0.1, 0.15) is 0 Å². The lowest BCUT2D eigenvalue weighted by molar-refractivity contribution is -0.131. The molecule has 20 heavy (non-hydrogen) atoms. The average molecular weight is 284 g/mol. The van der Waals surface area contributed by atoms with Crippen LogP contribution in [0.3, 0.4) is 0 Å². The lowest BCUT2D eigenvalue weighted by Crippen LogP contribution is -2.09. The van der Waals surface area contributed by atoms with Gasteiger partial charge in [-0.25, -0.2) is 4.98 Å². The summed E-state index contributed by atoms with van der Waals surface area (Å²) in [6.07, 6.45) is 0. The number of aromatic amines is 1. The van der Waals surface area contributed by atoms with Crippen LogP contribution in [0.15, 0.2) is 48.5 Å². The van der Waals surface area contributed by atoms with Gasteiger partial charge in [0.05, 0.1) is 22.3 Å². The molecule has 0 radical (unpaired) electrons. The zero-order valence-corrected chi connectivity index (χ0v) is 11.4. The number of carbonyl (C=O) groups is 1. The maximum Gasteiger partial charge on any atom is 0.321 e. The molecule has 100 valence electrons. The largest absolute Gasteiger partial charge is 0.425 e. The molecule has 2 aromatic carbocycles. The van der Waals surface area contributed by atoms with E-state index < -0.39 is 5.97 Å². The van der Waals surface area contributed by atoms with Gasteiger partial charge in [0.15, 0.2) is 0 Å². The van der Waals surface area contributed by atoms with Gasteiger partial charge in [-0.1, -0.05) is 24.3 Å². The van der Waals surface area contributed by atoms with Crippen LogP contribution in [0.4, 0.5) is 0 Å². The molecule has 0 spiro atoms. The molecule has 3 aromatic rings. The third kappa shape index (κ3) is 2.40. The molecule has 5 heteroatoms. The summed E-state index contributed by atoms with van der Waals surface area (Å²) < 4.78 is 5.27. The molecule has 1 N–H and O–H groups in total. The number of thiol groups is 1. The topological polar surface area (TPSA) is 55.0 Å². The summed E-state index contributed by atoms with van der Waals surface area (Å²) in [6.45, 7) is 0. The van der Waals surface area contributed by atoms with E-state index in [1.165, 1.54) is 0 Å². The fourth-order valence-electron chi connectivity index (χ4n) is 1.99. The molecule has 0 saturated heterocycles. The van der Waals surface area contributed by atoms with Gasteiger partial charge in [0.1, 0.15) is 11.6 Å². The predicted molar refractivity (Wildman–Crippen MR) is 81.0 cm³/mol. The molecule has 0 aliphatic heterocycles. The average Bonchev–Trinajstić information content (AvgIpc) is 2.91. The second-order valence-electron chi connectivity index (χ2n) is 4.23. The molecule has 0 saturated carbocycles. The molecule has 0 amide bonds. The number of para-hydroxylation sites is 3. The SMILES string of the molecule is O=C(CS)Oc1ccccc1-c1nc2ccccc2[nH]1. The Labute approximate surface area is 121 Å². The van der Waals surface area contributed by atoms with E-state index >= 15 is 0 Å². The van der Waals surface area contributed by atoms with Gasteiger partial charge in [-0.05, 0) is 24.3 Å². The van der Waals surface area contributed by atoms with Crippen LogP contribution in [0.2, 0.25) is 0 Å². The Hall–Kier alpha value is -2.27. The Morgan fingerprint density at radius 3 is 2.70 bits per heavy atom. The van der Waals surface area contributed by atoms with Crippen molar-refractivity contribution in [2.24, 2.45) is 0 Å². The van der Waals surface area contributed by atoms with E-state index in [9.17, 15) is 4.79 Å². The number of H-pyrrole nitrogens is 1. The zero-order chi connectivity index (χ0) is 13.9. The van der Waals surface area contributed by atoms with E-state index in [2.05, 4.69) is 22.6 Å². The number of carbonyl (C=O) groups excluding carboxylic acids is 1. The Bertz CT molecular complexity index is 734. The maximum atomic E-state index is 11.4. The highest BCUT2D eigenvalue weighted by Crippen LogP contribution is 2.29. The van der Waals surface area contributed by atoms with Crippen molar-refractivity contribution >= 4 is 29.6 Å². The van der Waals surface area contributed by atoms with Gasteiger partial charge in [0, 0.05) is 0 Å². The molecule has 0 aliphatic carbocycles. The number of rotatable bonds is 3. The van der Waals surface area contributed by atoms with Gasteiger partial charge in [0.2, 0.25) is 0 Å². The number of nitrogens with zero attached hydrogens (tertiary/aromatic N) is 1. The van der Waals surface area contributed by atoms with Gasteiger partial charge in [-0.15, -0.1) is 0 Å². The fourth-order valence-corrected chi connectivity index (χ4v) is 2.05. The molecule has 4 nitrogen and oxygen atoms in total. The van der Waals surface area contributed by atoms with Crippen molar-refractivity contribution in [1.82, 2.24) is 9.97 Å². The Morgan fingerprint density at radius 1 is 1.15 bits per heavy atom. The highest BCUT2D eigenvalue weighted by atomic mass is 32.1. The van der Waals surface area contributed by atoms with Crippen LogP contribution in [0.25, 0.3) is 22.4 Å².